The first-order valence-electron chi connectivity index (χ1n) is 10.4. The molecule has 2 N–H and O–H groups in total. The number of piperazine rings is 1. The fraction of sp³-hybridized carbons (Fsp3) is 0.435. The highest BCUT2D eigenvalue weighted by Gasteiger charge is 2.20. The van der Waals surface area contributed by atoms with Crippen molar-refractivity contribution in [3.63, 3.8) is 0 Å². The summed E-state index contributed by atoms with van der Waals surface area (Å²) in [5.74, 6) is 1.17. The first kappa shape index (κ1) is 25.2. The predicted octanol–water partition coefficient (Wildman–Crippen LogP) is 3.48. The van der Waals surface area contributed by atoms with Crippen LogP contribution in [0.2, 0.25) is 0 Å². The van der Waals surface area contributed by atoms with Gasteiger partial charge in [0.1, 0.15) is 5.75 Å². The topological polar surface area (TPSA) is 60.3 Å². The zero-order chi connectivity index (χ0) is 21.3. The average molecular weight is 542 g/mol. The zero-order valence-corrected chi connectivity index (χ0v) is 20.5. The summed E-state index contributed by atoms with van der Waals surface area (Å²) < 4.78 is 18.9. The molecule has 0 saturated carbocycles. The van der Waals surface area contributed by atoms with Gasteiger partial charge in [-0.3, -0.25) is 9.89 Å². The van der Waals surface area contributed by atoms with Gasteiger partial charge in [-0.05, 0) is 48.7 Å². The maximum Gasteiger partial charge on any atom is 0.194 e. The van der Waals surface area contributed by atoms with Crippen molar-refractivity contribution < 1.29 is 14.2 Å². The fourth-order valence-corrected chi connectivity index (χ4v) is 3.61. The molecule has 2 aromatic rings. The number of nitrogens with zero attached hydrogens (tertiary/aromatic N) is 3. The van der Waals surface area contributed by atoms with Crippen LogP contribution >= 0.6 is 24.0 Å². The van der Waals surface area contributed by atoms with Gasteiger partial charge in [0.25, 0.3) is 0 Å². The van der Waals surface area contributed by atoms with Crippen molar-refractivity contribution in [2.24, 2.45) is 4.99 Å². The molecule has 170 valence electrons. The third kappa shape index (κ3) is 7.53. The van der Waals surface area contributed by atoms with Crippen LogP contribution in [0.1, 0.15) is 18.1 Å². The van der Waals surface area contributed by atoms with Crippen LogP contribution in [0.3, 0.4) is 0 Å². The number of phenolic OH excluding ortho intramolecular Hbond substituents is 1. The summed E-state index contributed by atoms with van der Waals surface area (Å²) in [7, 11) is 1.48. The van der Waals surface area contributed by atoms with Crippen molar-refractivity contribution in [1.29, 1.82) is 0 Å². The molecule has 0 aromatic heterocycles. The largest absolute Gasteiger partial charge is 0.508 e. The Morgan fingerprint density at radius 1 is 1.13 bits per heavy atom. The van der Waals surface area contributed by atoms with Gasteiger partial charge in [-0.2, -0.15) is 0 Å². The van der Waals surface area contributed by atoms with Crippen LogP contribution in [0.4, 0.5) is 4.39 Å². The Bertz CT molecular complexity index is 857. The van der Waals surface area contributed by atoms with Crippen LogP contribution in [0.5, 0.6) is 11.5 Å². The van der Waals surface area contributed by atoms with Crippen LogP contribution in [-0.4, -0.2) is 67.2 Å². The first-order valence-corrected chi connectivity index (χ1v) is 10.4. The Labute approximate surface area is 201 Å². The Morgan fingerprint density at radius 3 is 2.55 bits per heavy atom. The van der Waals surface area contributed by atoms with E-state index in [2.05, 4.69) is 22.0 Å². The van der Waals surface area contributed by atoms with Crippen LogP contribution in [-0.2, 0) is 13.0 Å². The van der Waals surface area contributed by atoms with Crippen LogP contribution in [0.15, 0.2) is 47.5 Å². The lowest BCUT2D eigenvalue weighted by molar-refractivity contribution is 0.172. The van der Waals surface area contributed by atoms with Gasteiger partial charge < -0.3 is 20.1 Å². The molecule has 0 atom stereocenters. The molecule has 0 bridgehead atoms. The molecule has 1 aliphatic rings. The van der Waals surface area contributed by atoms with Gasteiger partial charge in [-0.15, -0.1) is 24.0 Å². The normalized spacial score (nSPS) is 14.8. The number of nitrogens with one attached hydrogen (secondary N) is 1. The first-order chi connectivity index (χ1) is 14.6. The summed E-state index contributed by atoms with van der Waals surface area (Å²) in [6.45, 7) is 7.80. The lowest BCUT2D eigenvalue weighted by Crippen LogP contribution is -2.52. The second kappa shape index (κ2) is 12.7. The molecule has 6 nitrogen and oxygen atoms in total. The van der Waals surface area contributed by atoms with E-state index in [4.69, 9.17) is 9.73 Å². The quantitative estimate of drug-likeness (QED) is 0.319. The molecular weight excluding hydrogens is 510 g/mol. The van der Waals surface area contributed by atoms with Gasteiger partial charge in [0.05, 0.1) is 7.11 Å². The monoisotopic (exact) mass is 542 g/mol. The van der Waals surface area contributed by atoms with E-state index in [1.807, 2.05) is 18.2 Å². The molecule has 1 fully saturated rings. The highest BCUT2D eigenvalue weighted by Crippen LogP contribution is 2.19. The number of phenols is 1. The van der Waals surface area contributed by atoms with Crippen molar-refractivity contribution in [3.8, 4) is 11.5 Å². The average Bonchev–Trinajstić information content (AvgIpc) is 2.74. The number of guanidine groups is 1. The Morgan fingerprint density at radius 2 is 1.90 bits per heavy atom. The number of hydrogen-bond acceptors (Lipinski definition) is 4. The standard InChI is InChI=1S/C23H31FN4O2.HI/c1-3-25-23(26-10-9-18-5-4-6-20(29)15-18)28-13-11-27(12-14-28)17-19-7-8-22(30-2)21(24)16-19;/h4-8,15-16,29H,3,9-14,17H2,1-2H3,(H,25,26);1H. The summed E-state index contributed by atoms with van der Waals surface area (Å²) >= 11 is 0. The summed E-state index contributed by atoms with van der Waals surface area (Å²) in [6.07, 6.45) is 0.784. The second-order valence-corrected chi connectivity index (χ2v) is 7.39. The Hall–Kier alpha value is -2.07. The molecule has 2 aromatic carbocycles. The summed E-state index contributed by atoms with van der Waals surface area (Å²) in [6, 6.07) is 12.5. The van der Waals surface area contributed by atoms with E-state index in [9.17, 15) is 9.50 Å². The van der Waals surface area contributed by atoms with Crippen molar-refractivity contribution in [2.45, 2.75) is 19.9 Å². The van der Waals surface area contributed by atoms with E-state index >= 15 is 0 Å². The van der Waals surface area contributed by atoms with Crippen LogP contribution in [0.25, 0.3) is 0 Å². The molecule has 1 aliphatic heterocycles. The van der Waals surface area contributed by atoms with E-state index in [-0.39, 0.29) is 41.3 Å². The Balaban J connectivity index is 0.00000341. The molecule has 3 rings (SSSR count). The zero-order valence-electron chi connectivity index (χ0n) is 18.2. The third-order valence-electron chi connectivity index (χ3n) is 5.20. The van der Waals surface area contributed by atoms with E-state index < -0.39 is 0 Å². The molecule has 31 heavy (non-hydrogen) atoms. The highest BCUT2D eigenvalue weighted by atomic mass is 127. The number of ether oxygens (including phenoxy) is 1. The third-order valence-corrected chi connectivity index (χ3v) is 5.20. The molecule has 0 aliphatic carbocycles. The minimum absolute atomic E-state index is 0. The maximum absolute atomic E-state index is 13.9. The predicted molar refractivity (Wildman–Crippen MR) is 133 cm³/mol. The molecule has 0 amide bonds. The molecule has 8 heteroatoms. The van der Waals surface area contributed by atoms with Gasteiger partial charge in [0.15, 0.2) is 17.5 Å². The second-order valence-electron chi connectivity index (χ2n) is 7.39. The number of benzene rings is 2. The summed E-state index contributed by atoms with van der Waals surface area (Å²) in [5, 5.41) is 13.0. The minimum Gasteiger partial charge on any atom is -0.508 e. The highest BCUT2D eigenvalue weighted by molar-refractivity contribution is 14.0. The SMILES string of the molecule is CCNC(=NCCc1cccc(O)c1)N1CCN(Cc2ccc(OC)c(F)c2)CC1.I. The lowest BCUT2D eigenvalue weighted by Gasteiger charge is -2.36. The minimum atomic E-state index is -0.318. The van der Waals surface area contributed by atoms with Crippen LogP contribution < -0.4 is 10.1 Å². The van der Waals surface area contributed by atoms with Crippen molar-refractivity contribution in [1.82, 2.24) is 15.1 Å². The van der Waals surface area contributed by atoms with Gasteiger partial charge in [0.2, 0.25) is 0 Å². The molecule has 0 radical (unpaired) electrons. The number of hydrogen-bond donors (Lipinski definition) is 2. The summed E-state index contributed by atoms with van der Waals surface area (Å²) in [5.41, 5.74) is 2.03. The van der Waals surface area contributed by atoms with E-state index in [0.717, 1.165) is 62.8 Å². The fourth-order valence-electron chi connectivity index (χ4n) is 3.61. The van der Waals surface area contributed by atoms with Gasteiger partial charge in [-0.25, -0.2) is 4.39 Å². The molecular formula is C23H32FIN4O2. The molecule has 0 unspecified atom stereocenters. The number of aromatic hydroxyl groups is 1. The summed E-state index contributed by atoms with van der Waals surface area (Å²) in [4.78, 5) is 9.37. The van der Waals surface area contributed by atoms with E-state index in [0.29, 0.717) is 6.54 Å². The molecule has 0 spiro atoms. The lowest BCUT2D eigenvalue weighted by atomic mass is 10.1. The van der Waals surface area contributed by atoms with Crippen molar-refractivity contribution in [3.05, 3.63) is 59.4 Å². The smallest absolute Gasteiger partial charge is 0.194 e. The van der Waals surface area contributed by atoms with E-state index in [1.54, 1.807) is 24.3 Å². The molecule has 1 heterocycles. The van der Waals surface area contributed by atoms with Gasteiger partial charge in [0, 0.05) is 45.8 Å². The number of rotatable bonds is 7. The maximum atomic E-state index is 13.9. The number of halogens is 2. The van der Waals surface area contributed by atoms with Gasteiger partial charge in [-0.1, -0.05) is 18.2 Å². The van der Waals surface area contributed by atoms with Gasteiger partial charge >= 0.3 is 0 Å². The Kier molecular flexibility index (Phi) is 10.3. The number of aliphatic imine (C=N–C) groups is 1. The number of methoxy groups -OCH3 is 1. The van der Waals surface area contributed by atoms with E-state index in [1.165, 1.54) is 7.11 Å². The van der Waals surface area contributed by atoms with Crippen molar-refractivity contribution >= 4 is 29.9 Å². The van der Waals surface area contributed by atoms with Crippen LogP contribution in [0, 0.1) is 5.82 Å². The van der Waals surface area contributed by atoms with Crippen molar-refractivity contribution in [2.75, 3.05) is 46.4 Å². The molecule has 1 saturated heterocycles.